The predicted octanol–water partition coefficient (Wildman–Crippen LogP) is 13.6. The molecule has 0 radical (unpaired) electrons. The molecular formula is C44H25NO2S. The molecule has 0 spiro atoms. The third-order valence-electron chi connectivity index (χ3n) is 9.83. The first-order chi connectivity index (χ1) is 23.8. The van der Waals surface area contributed by atoms with Crippen LogP contribution in [0.3, 0.4) is 0 Å². The van der Waals surface area contributed by atoms with E-state index in [4.69, 9.17) is 8.83 Å². The second-order valence-corrected chi connectivity index (χ2v) is 13.6. The van der Waals surface area contributed by atoms with Crippen LogP contribution in [-0.2, 0) is 0 Å². The minimum atomic E-state index is 0.854. The highest BCUT2D eigenvalue weighted by Gasteiger charge is 2.21. The molecule has 0 amide bonds. The molecule has 0 fully saturated rings. The predicted molar refractivity (Wildman–Crippen MR) is 204 cm³/mol. The maximum atomic E-state index is 6.63. The molecule has 11 rings (SSSR count). The number of benzene rings is 8. The quantitative estimate of drug-likeness (QED) is 0.182. The molecule has 0 aliphatic rings. The van der Waals surface area contributed by atoms with Crippen molar-refractivity contribution in [2.45, 2.75) is 0 Å². The molecule has 0 unspecified atom stereocenters. The monoisotopic (exact) mass is 631 g/mol. The van der Waals surface area contributed by atoms with Crippen LogP contribution in [0.15, 0.2) is 160 Å². The highest BCUT2D eigenvalue weighted by Crippen LogP contribution is 2.46. The minimum Gasteiger partial charge on any atom is -0.456 e. The van der Waals surface area contributed by atoms with Gasteiger partial charge in [0.1, 0.15) is 16.7 Å². The van der Waals surface area contributed by atoms with Gasteiger partial charge in [-0.3, -0.25) is 0 Å². The summed E-state index contributed by atoms with van der Waals surface area (Å²) in [7, 11) is 0. The average molecular weight is 632 g/mol. The first-order valence-corrected chi connectivity index (χ1v) is 17.0. The molecule has 224 valence electrons. The standard InChI is InChI=1S/C44H25NO2S/c1-4-13-37-30(8-1)32-22-21-29(25-39(32)46-37)45(36-12-7-11-33-31-9-2-5-14-38(31)47-44(33)36)28-20-18-26-16-17-27-19-23-41-43(42(27)35(26)24-28)34-10-3-6-15-40(34)48-41/h1-25H. The summed E-state index contributed by atoms with van der Waals surface area (Å²) in [4.78, 5) is 2.32. The van der Waals surface area contributed by atoms with Crippen LogP contribution in [0.2, 0.25) is 0 Å². The van der Waals surface area contributed by atoms with Gasteiger partial charge in [0.25, 0.3) is 0 Å². The normalized spacial score (nSPS) is 12.2. The molecule has 48 heavy (non-hydrogen) atoms. The van der Waals surface area contributed by atoms with Crippen LogP contribution < -0.4 is 4.90 Å². The zero-order valence-electron chi connectivity index (χ0n) is 25.6. The number of fused-ring (bicyclic) bond motifs is 13. The first-order valence-electron chi connectivity index (χ1n) is 16.2. The van der Waals surface area contributed by atoms with Crippen LogP contribution in [-0.4, -0.2) is 0 Å². The molecule has 0 aliphatic carbocycles. The van der Waals surface area contributed by atoms with Crippen molar-refractivity contribution in [1.82, 2.24) is 0 Å². The number of thiophene rings is 1. The Balaban J connectivity index is 1.23. The van der Waals surface area contributed by atoms with Gasteiger partial charge in [-0.2, -0.15) is 0 Å². The van der Waals surface area contributed by atoms with Crippen molar-refractivity contribution < 1.29 is 8.83 Å². The van der Waals surface area contributed by atoms with Crippen molar-refractivity contribution in [3.63, 3.8) is 0 Å². The summed E-state index contributed by atoms with van der Waals surface area (Å²) in [6, 6.07) is 54.1. The summed E-state index contributed by atoms with van der Waals surface area (Å²) in [5.74, 6) is 0. The van der Waals surface area contributed by atoms with Gasteiger partial charge < -0.3 is 13.7 Å². The SMILES string of the molecule is c1ccc2c(c1)oc1cc(N(c3ccc4ccc5ccc6sc7ccccc7c6c5c4c3)c3cccc4c3oc3ccccc34)ccc12. The molecule has 0 N–H and O–H groups in total. The number of anilines is 3. The summed E-state index contributed by atoms with van der Waals surface area (Å²) in [6.45, 7) is 0. The summed E-state index contributed by atoms with van der Waals surface area (Å²) >= 11 is 1.86. The largest absolute Gasteiger partial charge is 0.456 e. The number of nitrogens with zero attached hydrogens (tertiary/aromatic N) is 1. The molecule has 3 heterocycles. The minimum absolute atomic E-state index is 0.854. The molecule has 0 bridgehead atoms. The lowest BCUT2D eigenvalue weighted by Gasteiger charge is -2.26. The third-order valence-corrected chi connectivity index (χ3v) is 11.0. The number of furan rings is 2. The van der Waals surface area contributed by atoms with Gasteiger partial charge in [-0.05, 0) is 76.1 Å². The zero-order chi connectivity index (χ0) is 31.3. The van der Waals surface area contributed by atoms with Crippen LogP contribution in [0, 0.1) is 0 Å². The number of para-hydroxylation sites is 3. The van der Waals surface area contributed by atoms with Gasteiger partial charge in [0, 0.05) is 53.5 Å². The lowest BCUT2D eigenvalue weighted by atomic mass is 9.97. The maximum absolute atomic E-state index is 6.63. The van der Waals surface area contributed by atoms with Gasteiger partial charge in [0.2, 0.25) is 0 Å². The number of rotatable bonds is 3. The molecule has 0 saturated carbocycles. The summed E-state index contributed by atoms with van der Waals surface area (Å²) in [5.41, 5.74) is 6.50. The highest BCUT2D eigenvalue weighted by molar-refractivity contribution is 7.26. The maximum Gasteiger partial charge on any atom is 0.159 e. The zero-order valence-corrected chi connectivity index (χ0v) is 26.4. The van der Waals surface area contributed by atoms with Gasteiger partial charge in [0.15, 0.2) is 5.58 Å². The molecule has 3 nitrogen and oxygen atoms in total. The number of hydrogen-bond donors (Lipinski definition) is 0. The van der Waals surface area contributed by atoms with Crippen molar-refractivity contribution in [3.05, 3.63) is 152 Å². The highest BCUT2D eigenvalue weighted by atomic mass is 32.1. The Morgan fingerprint density at radius 1 is 0.396 bits per heavy atom. The molecule has 0 aliphatic heterocycles. The van der Waals surface area contributed by atoms with Gasteiger partial charge in [-0.25, -0.2) is 0 Å². The van der Waals surface area contributed by atoms with Gasteiger partial charge >= 0.3 is 0 Å². The molecule has 0 saturated heterocycles. The Morgan fingerprint density at radius 3 is 1.94 bits per heavy atom. The smallest absolute Gasteiger partial charge is 0.159 e. The van der Waals surface area contributed by atoms with Gasteiger partial charge in [-0.15, -0.1) is 11.3 Å². The van der Waals surface area contributed by atoms with Crippen molar-refractivity contribution >= 4 is 114 Å². The van der Waals surface area contributed by atoms with Crippen LogP contribution in [0.25, 0.3) is 85.6 Å². The summed E-state index contributed by atoms with van der Waals surface area (Å²) < 4.78 is 15.7. The molecule has 0 atom stereocenters. The van der Waals surface area contributed by atoms with Gasteiger partial charge in [0.05, 0.1) is 11.4 Å². The molecule has 3 aromatic heterocycles. The van der Waals surface area contributed by atoms with E-state index in [0.29, 0.717) is 0 Å². The Kier molecular flexibility index (Phi) is 5.26. The van der Waals surface area contributed by atoms with Crippen LogP contribution >= 0.6 is 11.3 Å². The van der Waals surface area contributed by atoms with Crippen LogP contribution in [0.1, 0.15) is 0 Å². The fraction of sp³-hybridized carbons (Fsp3) is 0. The summed E-state index contributed by atoms with van der Waals surface area (Å²) in [5, 5.41) is 12.0. The van der Waals surface area contributed by atoms with E-state index in [0.717, 1.165) is 60.9 Å². The second-order valence-electron chi connectivity index (χ2n) is 12.5. The van der Waals surface area contributed by atoms with Crippen LogP contribution in [0.5, 0.6) is 0 Å². The lowest BCUT2D eigenvalue weighted by Crippen LogP contribution is -2.10. The Hall–Kier alpha value is -6.10. The van der Waals surface area contributed by atoms with E-state index >= 15 is 0 Å². The molecule has 8 aromatic carbocycles. The lowest BCUT2D eigenvalue weighted by molar-refractivity contribution is 0.667. The van der Waals surface area contributed by atoms with Gasteiger partial charge in [-0.1, -0.05) is 91.0 Å². The van der Waals surface area contributed by atoms with Crippen molar-refractivity contribution in [2.75, 3.05) is 4.90 Å². The van der Waals surface area contributed by atoms with Crippen LogP contribution in [0.4, 0.5) is 17.1 Å². The Morgan fingerprint density at radius 2 is 1.04 bits per heavy atom. The van der Waals surface area contributed by atoms with E-state index in [1.807, 2.05) is 35.6 Å². The summed E-state index contributed by atoms with van der Waals surface area (Å²) in [6.07, 6.45) is 0. The fourth-order valence-corrected chi connectivity index (χ4v) is 8.79. The Labute approximate surface area is 278 Å². The second kappa shape index (κ2) is 9.71. The first kappa shape index (κ1) is 26.0. The Bertz CT molecular complexity index is 3090. The van der Waals surface area contributed by atoms with E-state index in [-0.39, 0.29) is 0 Å². The van der Waals surface area contributed by atoms with E-state index in [9.17, 15) is 0 Å². The van der Waals surface area contributed by atoms with E-state index < -0.39 is 0 Å². The topological polar surface area (TPSA) is 29.5 Å². The average Bonchev–Trinajstić information content (AvgIpc) is 3.83. The number of hydrogen-bond acceptors (Lipinski definition) is 4. The fourth-order valence-electron chi connectivity index (χ4n) is 7.68. The molecule has 4 heteroatoms. The molecule has 11 aromatic rings. The van der Waals surface area contributed by atoms with E-state index in [1.165, 1.54) is 41.7 Å². The van der Waals surface area contributed by atoms with Crippen molar-refractivity contribution in [1.29, 1.82) is 0 Å². The van der Waals surface area contributed by atoms with Crippen molar-refractivity contribution in [2.24, 2.45) is 0 Å². The van der Waals surface area contributed by atoms with E-state index in [1.54, 1.807) is 0 Å². The third kappa shape index (κ3) is 3.63. The van der Waals surface area contributed by atoms with Crippen molar-refractivity contribution in [3.8, 4) is 0 Å². The van der Waals surface area contributed by atoms with E-state index in [2.05, 4.69) is 132 Å². The molecular weight excluding hydrogens is 607 g/mol.